The molecule has 0 unspecified atom stereocenters. The zero-order chi connectivity index (χ0) is 10.9. The number of nitrogens with two attached hydrogens (primary N) is 1. The number of rotatable bonds is 1. The fourth-order valence-electron chi connectivity index (χ4n) is 1.25. The largest absolute Gasteiger partial charge is 0.416 e. The fraction of sp³-hybridized carbons (Fsp3) is 0.333. The molecule has 0 aromatic heterocycles. The highest BCUT2D eigenvalue weighted by Crippen LogP contribution is 2.35. The van der Waals surface area contributed by atoms with Gasteiger partial charge in [0.2, 0.25) is 0 Å². The predicted octanol–water partition coefficient (Wildman–Crippen LogP) is 2.86. The van der Waals surface area contributed by atoms with Crippen LogP contribution in [0.2, 0.25) is 0 Å². The number of halogens is 4. The number of alkyl halides is 3. The monoisotopic (exact) mass is 207 g/mol. The molecular weight excluding hydrogens is 198 g/mol. The summed E-state index contributed by atoms with van der Waals surface area (Å²) in [6.45, 7) is 1.31. The molecule has 0 saturated carbocycles. The molecule has 1 nitrogen and oxygen atoms in total. The van der Waals surface area contributed by atoms with Crippen molar-refractivity contribution in [2.75, 3.05) is 0 Å². The lowest BCUT2D eigenvalue weighted by atomic mass is 10.0. The van der Waals surface area contributed by atoms with Gasteiger partial charge in [0.15, 0.2) is 0 Å². The average molecular weight is 207 g/mol. The summed E-state index contributed by atoms with van der Waals surface area (Å²) in [7, 11) is 0. The van der Waals surface area contributed by atoms with E-state index in [1.807, 2.05) is 0 Å². The number of benzene rings is 1. The van der Waals surface area contributed by atoms with Crippen molar-refractivity contribution in [3.05, 3.63) is 35.1 Å². The Bertz CT molecular complexity index is 330. The Labute approximate surface area is 78.5 Å². The highest BCUT2D eigenvalue weighted by molar-refractivity contribution is 5.33. The van der Waals surface area contributed by atoms with Crippen LogP contribution in [0.15, 0.2) is 18.2 Å². The van der Waals surface area contributed by atoms with Gasteiger partial charge in [-0.3, -0.25) is 0 Å². The first kappa shape index (κ1) is 11.0. The molecule has 78 valence electrons. The minimum Gasteiger partial charge on any atom is -0.324 e. The van der Waals surface area contributed by atoms with E-state index in [0.29, 0.717) is 0 Å². The van der Waals surface area contributed by atoms with Crippen molar-refractivity contribution in [3.63, 3.8) is 0 Å². The second-order valence-electron chi connectivity index (χ2n) is 2.99. The van der Waals surface area contributed by atoms with Gasteiger partial charge in [0, 0.05) is 11.6 Å². The molecule has 1 aromatic rings. The van der Waals surface area contributed by atoms with E-state index < -0.39 is 29.2 Å². The van der Waals surface area contributed by atoms with E-state index in [4.69, 9.17) is 5.73 Å². The van der Waals surface area contributed by atoms with E-state index in [9.17, 15) is 17.6 Å². The van der Waals surface area contributed by atoms with Crippen LogP contribution in [0.1, 0.15) is 24.1 Å². The van der Waals surface area contributed by atoms with Crippen LogP contribution in [0.3, 0.4) is 0 Å². The summed E-state index contributed by atoms with van der Waals surface area (Å²) >= 11 is 0. The highest BCUT2D eigenvalue weighted by Gasteiger charge is 2.35. The molecular formula is C9H9F4N. The summed E-state index contributed by atoms with van der Waals surface area (Å²) < 4.78 is 50.2. The lowest BCUT2D eigenvalue weighted by Gasteiger charge is -2.15. The molecule has 0 aliphatic heterocycles. The summed E-state index contributed by atoms with van der Waals surface area (Å²) in [5.41, 5.74) is 3.78. The quantitative estimate of drug-likeness (QED) is 0.704. The van der Waals surface area contributed by atoms with E-state index in [1.54, 1.807) is 0 Å². The van der Waals surface area contributed by atoms with Crippen molar-refractivity contribution in [1.82, 2.24) is 0 Å². The molecule has 0 bridgehead atoms. The molecule has 0 aliphatic carbocycles. The van der Waals surface area contributed by atoms with Crippen LogP contribution < -0.4 is 5.73 Å². The molecule has 0 saturated heterocycles. The van der Waals surface area contributed by atoms with Crippen LogP contribution in [0.4, 0.5) is 17.6 Å². The van der Waals surface area contributed by atoms with E-state index in [1.165, 1.54) is 6.92 Å². The summed E-state index contributed by atoms with van der Waals surface area (Å²) in [5, 5.41) is 0. The van der Waals surface area contributed by atoms with Gasteiger partial charge in [-0.05, 0) is 19.1 Å². The molecule has 1 atom stereocenters. The molecule has 14 heavy (non-hydrogen) atoms. The molecule has 0 heterocycles. The Morgan fingerprint density at radius 2 is 1.86 bits per heavy atom. The molecule has 0 fully saturated rings. The van der Waals surface area contributed by atoms with Gasteiger partial charge in [-0.2, -0.15) is 13.2 Å². The molecule has 0 aliphatic rings. The molecule has 0 amide bonds. The van der Waals surface area contributed by atoms with Crippen LogP contribution >= 0.6 is 0 Å². The normalized spacial score (nSPS) is 14.1. The van der Waals surface area contributed by atoms with Gasteiger partial charge in [0.1, 0.15) is 5.82 Å². The number of hydrogen-bond acceptors (Lipinski definition) is 1. The van der Waals surface area contributed by atoms with Gasteiger partial charge in [0.25, 0.3) is 0 Å². The van der Waals surface area contributed by atoms with Crippen molar-refractivity contribution >= 4 is 0 Å². The molecule has 1 aromatic carbocycles. The Kier molecular flexibility index (Phi) is 2.80. The number of hydrogen-bond donors (Lipinski definition) is 1. The zero-order valence-electron chi connectivity index (χ0n) is 7.40. The van der Waals surface area contributed by atoms with Crippen LogP contribution in [-0.4, -0.2) is 0 Å². The Morgan fingerprint density at radius 1 is 1.29 bits per heavy atom. The molecule has 5 heteroatoms. The minimum atomic E-state index is -4.56. The Morgan fingerprint density at radius 3 is 2.21 bits per heavy atom. The van der Waals surface area contributed by atoms with E-state index >= 15 is 0 Å². The second kappa shape index (κ2) is 3.57. The van der Waals surface area contributed by atoms with Crippen LogP contribution in [0.25, 0.3) is 0 Å². The van der Waals surface area contributed by atoms with E-state index in [2.05, 4.69) is 0 Å². The summed E-state index contributed by atoms with van der Waals surface area (Å²) in [4.78, 5) is 0. The first-order valence-corrected chi connectivity index (χ1v) is 3.95. The van der Waals surface area contributed by atoms with Gasteiger partial charge in [-0.15, -0.1) is 0 Å². The molecule has 2 N–H and O–H groups in total. The lowest BCUT2D eigenvalue weighted by Crippen LogP contribution is -2.16. The fourth-order valence-corrected chi connectivity index (χ4v) is 1.25. The Hall–Kier alpha value is -1.10. The second-order valence-corrected chi connectivity index (χ2v) is 2.99. The minimum absolute atomic E-state index is 0.486. The van der Waals surface area contributed by atoms with Crippen molar-refractivity contribution in [2.45, 2.75) is 19.1 Å². The highest BCUT2D eigenvalue weighted by atomic mass is 19.4. The maximum absolute atomic E-state index is 13.1. The zero-order valence-corrected chi connectivity index (χ0v) is 7.40. The standard InChI is InChI=1S/C9H9F4N/c1-5(14)8-6(9(11,12)13)3-2-4-7(8)10/h2-5H,14H2,1H3/t5-/m1/s1. The van der Waals surface area contributed by atoms with Crippen LogP contribution in [0.5, 0.6) is 0 Å². The summed E-state index contributed by atoms with van der Waals surface area (Å²) in [5.74, 6) is -0.921. The van der Waals surface area contributed by atoms with E-state index in [-0.39, 0.29) is 0 Å². The summed E-state index contributed by atoms with van der Waals surface area (Å²) in [6.07, 6.45) is -4.56. The van der Waals surface area contributed by atoms with Gasteiger partial charge < -0.3 is 5.73 Å². The third-order valence-corrected chi connectivity index (χ3v) is 1.81. The third-order valence-electron chi connectivity index (χ3n) is 1.81. The Balaban J connectivity index is 3.36. The first-order valence-electron chi connectivity index (χ1n) is 3.95. The third kappa shape index (κ3) is 2.04. The van der Waals surface area contributed by atoms with Crippen LogP contribution in [-0.2, 0) is 6.18 Å². The van der Waals surface area contributed by atoms with E-state index in [0.717, 1.165) is 18.2 Å². The molecule has 0 spiro atoms. The van der Waals surface area contributed by atoms with Crippen molar-refractivity contribution in [2.24, 2.45) is 5.73 Å². The van der Waals surface area contributed by atoms with Gasteiger partial charge >= 0.3 is 6.18 Å². The van der Waals surface area contributed by atoms with Crippen molar-refractivity contribution in [3.8, 4) is 0 Å². The van der Waals surface area contributed by atoms with Gasteiger partial charge in [-0.25, -0.2) is 4.39 Å². The maximum Gasteiger partial charge on any atom is 0.416 e. The van der Waals surface area contributed by atoms with Crippen molar-refractivity contribution in [1.29, 1.82) is 0 Å². The van der Waals surface area contributed by atoms with Gasteiger partial charge in [-0.1, -0.05) is 6.07 Å². The van der Waals surface area contributed by atoms with Crippen molar-refractivity contribution < 1.29 is 17.6 Å². The first-order chi connectivity index (χ1) is 6.34. The predicted molar refractivity (Wildman–Crippen MR) is 44.0 cm³/mol. The summed E-state index contributed by atoms with van der Waals surface area (Å²) in [6, 6.07) is 1.83. The molecule has 0 radical (unpaired) electrons. The molecule has 1 rings (SSSR count). The average Bonchev–Trinajstić information content (AvgIpc) is 2.01. The maximum atomic E-state index is 13.1. The smallest absolute Gasteiger partial charge is 0.324 e. The topological polar surface area (TPSA) is 26.0 Å². The lowest BCUT2D eigenvalue weighted by molar-refractivity contribution is -0.138. The SMILES string of the molecule is C[C@@H](N)c1c(F)cccc1C(F)(F)F. The van der Waals surface area contributed by atoms with Gasteiger partial charge in [0.05, 0.1) is 5.56 Å². The van der Waals surface area contributed by atoms with Crippen LogP contribution in [0, 0.1) is 5.82 Å².